The van der Waals surface area contributed by atoms with Crippen LogP contribution in [0.5, 0.6) is 5.75 Å². The van der Waals surface area contributed by atoms with E-state index in [9.17, 15) is 9.59 Å². The predicted molar refractivity (Wildman–Crippen MR) is 133 cm³/mol. The van der Waals surface area contributed by atoms with Crippen molar-refractivity contribution in [3.05, 3.63) is 95.0 Å². The second-order valence-electron chi connectivity index (χ2n) is 7.36. The van der Waals surface area contributed by atoms with E-state index in [1.165, 1.54) is 18.4 Å². The van der Waals surface area contributed by atoms with Gasteiger partial charge in [0.25, 0.3) is 5.91 Å². The van der Waals surface area contributed by atoms with Gasteiger partial charge in [-0.3, -0.25) is 14.9 Å². The Morgan fingerprint density at radius 3 is 2.50 bits per heavy atom. The molecule has 3 aromatic carbocycles. The maximum Gasteiger partial charge on any atom is 0.252 e. The van der Waals surface area contributed by atoms with E-state index in [4.69, 9.17) is 16.3 Å². The quantitative estimate of drug-likeness (QED) is 0.367. The molecule has 0 fully saturated rings. The van der Waals surface area contributed by atoms with Crippen LogP contribution in [0, 0.1) is 0 Å². The summed E-state index contributed by atoms with van der Waals surface area (Å²) in [6, 6.07) is 22.6. The van der Waals surface area contributed by atoms with Crippen LogP contribution in [0.3, 0.4) is 0 Å². The zero-order chi connectivity index (χ0) is 23.9. The van der Waals surface area contributed by atoms with E-state index < -0.39 is 6.04 Å². The highest BCUT2D eigenvalue weighted by Crippen LogP contribution is 2.27. The average molecular weight is 493 g/mol. The summed E-state index contributed by atoms with van der Waals surface area (Å²) >= 11 is 7.18. The van der Waals surface area contributed by atoms with Gasteiger partial charge in [0.15, 0.2) is 0 Å². The summed E-state index contributed by atoms with van der Waals surface area (Å²) in [6.07, 6.45) is 0.311. The second-order valence-corrected chi connectivity index (χ2v) is 8.77. The third kappa shape index (κ3) is 5.98. The first-order valence-corrected chi connectivity index (χ1v) is 11.6. The summed E-state index contributed by atoms with van der Waals surface area (Å²) < 4.78 is 5.20. The van der Waals surface area contributed by atoms with Crippen LogP contribution in [0.1, 0.15) is 15.9 Å². The molecule has 0 radical (unpaired) electrons. The van der Waals surface area contributed by atoms with Crippen LogP contribution in [-0.2, 0) is 11.2 Å². The van der Waals surface area contributed by atoms with Crippen LogP contribution < -0.4 is 15.4 Å². The molecule has 0 saturated carbocycles. The van der Waals surface area contributed by atoms with Crippen LogP contribution >= 0.6 is 22.9 Å². The molecule has 34 heavy (non-hydrogen) atoms. The molecule has 0 bridgehead atoms. The summed E-state index contributed by atoms with van der Waals surface area (Å²) in [4.78, 5) is 26.1. The van der Waals surface area contributed by atoms with Crippen molar-refractivity contribution < 1.29 is 14.3 Å². The zero-order valence-corrected chi connectivity index (χ0v) is 19.8. The molecule has 1 atom stereocenters. The number of ether oxygens (including phenoxy) is 1. The van der Waals surface area contributed by atoms with Crippen molar-refractivity contribution in [1.82, 2.24) is 15.5 Å². The molecule has 4 aromatic rings. The smallest absolute Gasteiger partial charge is 0.252 e. The first-order chi connectivity index (χ1) is 16.5. The molecule has 7 nitrogen and oxygen atoms in total. The molecule has 0 spiro atoms. The lowest BCUT2D eigenvalue weighted by Gasteiger charge is -2.18. The Kier molecular flexibility index (Phi) is 7.51. The van der Waals surface area contributed by atoms with Gasteiger partial charge >= 0.3 is 0 Å². The molecule has 0 aliphatic rings. The van der Waals surface area contributed by atoms with Crippen LogP contribution in [0.15, 0.2) is 78.9 Å². The van der Waals surface area contributed by atoms with Gasteiger partial charge in [-0.05, 0) is 35.9 Å². The summed E-state index contributed by atoms with van der Waals surface area (Å²) in [6.45, 7) is 0. The Balaban J connectivity index is 1.51. The van der Waals surface area contributed by atoms with Gasteiger partial charge in [0.1, 0.15) is 16.8 Å². The van der Waals surface area contributed by atoms with Crippen LogP contribution in [-0.4, -0.2) is 35.2 Å². The highest BCUT2D eigenvalue weighted by molar-refractivity contribution is 7.18. The van der Waals surface area contributed by atoms with Crippen LogP contribution in [0.25, 0.3) is 10.6 Å². The van der Waals surface area contributed by atoms with Gasteiger partial charge in [0.2, 0.25) is 11.0 Å². The maximum atomic E-state index is 13.2. The molecule has 172 valence electrons. The highest BCUT2D eigenvalue weighted by atomic mass is 35.5. The first-order valence-electron chi connectivity index (χ1n) is 10.4. The SMILES string of the molecule is COc1cccc(C(=O)NC(Cc2ccccc2)C(=O)Nc2nnc(-c3ccc(Cl)cc3)s2)c1. The number of methoxy groups -OCH3 is 1. The number of hydrogen-bond acceptors (Lipinski definition) is 6. The standard InChI is InChI=1S/C25H21ClN4O3S/c1-33-20-9-5-8-18(15-20)22(31)27-21(14-16-6-3-2-4-7-16)23(32)28-25-30-29-24(34-25)17-10-12-19(26)13-11-17/h2-13,15,21H,14H2,1H3,(H,27,31)(H,28,30,32). The minimum Gasteiger partial charge on any atom is -0.497 e. The number of carbonyl (C=O) groups excluding carboxylic acids is 2. The number of nitrogens with zero attached hydrogens (tertiary/aromatic N) is 2. The lowest BCUT2D eigenvalue weighted by atomic mass is 10.0. The summed E-state index contributed by atoms with van der Waals surface area (Å²) in [5.74, 6) is -0.215. The Labute approximate surface area is 205 Å². The molecule has 0 aliphatic heterocycles. The first kappa shape index (κ1) is 23.4. The number of nitrogens with one attached hydrogen (secondary N) is 2. The fourth-order valence-electron chi connectivity index (χ4n) is 3.24. The highest BCUT2D eigenvalue weighted by Gasteiger charge is 2.23. The minimum atomic E-state index is -0.830. The van der Waals surface area contributed by atoms with Crippen molar-refractivity contribution in [3.63, 3.8) is 0 Å². The van der Waals surface area contributed by atoms with Crippen molar-refractivity contribution in [3.8, 4) is 16.3 Å². The Morgan fingerprint density at radius 2 is 1.76 bits per heavy atom. The van der Waals surface area contributed by atoms with Crippen molar-refractivity contribution >= 4 is 39.9 Å². The van der Waals surface area contributed by atoms with E-state index in [-0.39, 0.29) is 11.8 Å². The largest absolute Gasteiger partial charge is 0.497 e. The van der Waals surface area contributed by atoms with Crippen LogP contribution in [0.4, 0.5) is 5.13 Å². The zero-order valence-electron chi connectivity index (χ0n) is 18.2. The summed E-state index contributed by atoms with van der Waals surface area (Å²) in [7, 11) is 1.53. The Bertz CT molecular complexity index is 1280. The normalized spacial score (nSPS) is 11.5. The molecule has 4 rings (SSSR count). The molecule has 9 heteroatoms. The summed E-state index contributed by atoms with van der Waals surface area (Å²) in [5.41, 5.74) is 2.15. The molecule has 2 amide bonds. The molecule has 1 heterocycles. The number of benzene rings is 3. The number of halogens is 1. The summed E-state index contributed by atoms with van der Waals surface area (Å²) in [5, 5.41) is 15.4. The third-order valence-electron chi connectivity index (χ3n) is 4.98. The van der Waals surface area contributed by atoms with E-state index in [1.807, 2.05) is 42.5 Å². The maximum absolute atomic E-state index is 13.2. The van der Waals surface area contributed by atoms with Gasteiger partial charge in [-0.2, -0.15) is 0 Å². The molecule has 0 aliphatic carbocycles. The number of hydrogen-bond donors (Lipinski definition) is 2. The van der Waals surface area contributed by atoms with Gasteiger partial charge in [-0.15, -0.1) is 10.2 Å². The second kappa shape index (κ2) is 10.9. The van der Waals surface area contributed by atoms with E-state index in [1.54, 1.807) is 36.4 Å². The fraction of sp³-hybridized carbons (Fsp3) is 0.120. The number of rotatable bonds is 8. The Morgan fingerprint density at radius 1 is 1.00 bits per heavy atom. The van der Waals surface area contributed by atoms with Gasteiger partial charge in [0, 0.05) is 22.6 Å². The third-order valence-corrected chi connectivity index (χ3v) is 6.12. The fourth-order valence-corrected chi connectivity index (χ4v) is 4.12. The van der Waals surface area contributed by atoms with Gasteiger partial charge in [-0.1, -0.05) is 71.5 Å². The van der Waals surface area contributed by atoms with Gasteiger partial charge < -0.3 is 10.1 Å². The van der Waals surface area contributed by atoms with Crippen molar-refractivity contribution in [2.75, 3.05) is 12.4 Å². The molecule has 1 unspecified atom stereocenters. The molecule has 0 saturated heterocycles. The van der Waals surface area contributed by atoms with Gasteiger partial charge in [-0.25, -0.2) is 0 Å². The molecular formula is C25H21ClN4O3S. The molecule has 1 aromatic heterocycles. The molecular weight excluding hydrogens is 472 g/mol. The monoisotopic (exact) mass is 492 g/mol. The number of anilines is 1. The van der Waals surface area contributed by atoms with Crippen molar-refractivity contribution in [2.45, 2.75) is 12.5 Å². The van der Waals surface area contributed by atoms with E-state index >= 15 is 0 Å². The number of carbonyl (C=O) groups is 2. The topological polar surface area (TPSA) is 93.2 Å². The van der Waals surface area contributed by atoms with E-state index in [2.05, 4.69) is 20.8 Å². The van der Waals surface area contributed by atoms with Crippen molar-refractivity contribution in [1.29, 1.82) is 0 Å². The van der Waals surface area contributed by atoms with Crippen molar-refractivity contribution in [2.24, 2.45) is 0 Å². The predicted octanol–water partition coefficient (Wildman–Crippen LogP) is 4.85. The number of amides is 2. The van der Waals surface area contributed by atoms with Gasteiger partial charge in [0.05, 0.1) is 7.11 Å². The lowest BCUT2D eigenvalue weighted by molar-refractivity contribution is -0.118. The molecule has 2 N–H and O–H groups in total. The van der Waals surface area contributed by atoms with Crippen LogP contribution in [0.2, 0.25) is 5.02 Å². The Hall–Kier alpha value is -3.75. The average Bonchev–Trinajstić information content (AvgIpc) is 3.33. The lowest BCUT2D eigenvalue weighted by Crippen LogP contribution is -2.45. The number of aromatic nitrogens is 2. The van der Waals surface area contributed by atoms with E-state index in [0.717, 1.165) is 11.1 Å². The van der Waals surface area contributed by atoms with E-state index in [0.29, 0.717) is 32.9 Å². The minimum absolute atomic E-state index is 0.311.